The van der Waals surface area contributed by atoms with Crippen LogP contribution in [0.3, 0.4) is 0 Å². The largest absolute Gasteiger partial charge is 0.462 e. The van der Waals surface area contributed by atoms with Crippen LogP contribution >= 0.6 is 23.5 Å². The number of carbonyl (C=O) groups is 6. The van der Waals surface area contributed by atoms with Crippen molar-refractivity contribution >= 4 is 59.3 Å². The predicted octanol–water partition coefficient (Wildman–Crippen LogP) is 0.604. The van der Waals surface area contributed by atoms with Crippen molar-refractivity contribution in [3.05, 3.63) is 0 Å². The van der Waals surface area contributed by atoms with Gasteiger partial charge in [-0.05, 0) is 12.5 Å². The summed E-state index contributed by atoms with van der Waals surface area (Å²) in [6.45, 7) is 5.19. The standard InChI is InChI=1S/C23H35NO12S2/c1-12(25)24-19-17(33-14(3)27)10-23(38-7,22(30)31-8-9-37-6)36-21(19)20(35-16(5)29)18(34-15(4)28)11-32-13(2)26/h17-21H,8-11H2,1-7H3,(H,24,25)/t17-,18+,19+,20+,21+,23-/m0/s1. The fraction of sp³-hybridized carbons (Fsp3) is 0.739. The molecule has 6 atom stereocenters. The minimum Gasteiger partial charge on any atom is -0.462 e. The summed E-state index contributed by atoms with van der Waals surface area (Å²) in [7, 11) is 0. The van der Waals surface area contributed by atoms with Gasteiger partial charge in [0.05, 0.1) is 6.04 Å². The Morgan fingerprint density at radius 1 is 0.921 bits per heavy atom. The van der Waals surface area contributed by atoms with Crippen molar-refractivity contribution in [2.24, 2.45) is 0 Å². The van der Waals surface area contributed by atoms with Crippen molar-refractivity contribution in [2.45, 2.75) is 76.4 Å². The highest BCUT2D eigenvalue weighted by atomic mass is 32.2. The van der Waals surface area contributed by atoms with Gasteiger partial charge in [-0.2, -0.15) is 11.8 Å². The van der Waals surface area contributed by atoms with E-state index < -0.39 is 77.8 Å². The highest BCUT2D eigenvalue weighted by Crippen LogP contribution is 2.41. The van der Waals surface area contributed by atoms with Gasteiger partial charge in [-0.1, -0.05) is 0 Å². The summed E-state index contributed by atoms with van der Waals surface area (Å²) in [4.78, 5) is 71.3. The molecule has 0 saturated carbocycles. The van der Waals surface area contributed by atoms with Crippen LogP contribution in [-0.2, 0) is 57.2 Å². The molecular weight excluding hydrogens is 546 g/mol. The van der Waals surface area contributed by atoms with E-state index in [0.717, 1.165) is 39.5 Å². The molecule has 0 radical (unpaired) electrons. The molecule has 1 aliphatic heterocycles. The third kappa shape index (κ3) is 10.3. The quantitative estimate of drug-likeness (QED) is 0.182. The average Bonchev–Trinajstić information content (AvgIpc) is 2.80. The van der Waals surface area contributed by atoms with Gasteiger partial charge in [0.15, 0.2) is 12.2 Å². The first-order chi connectivity index (χ1) is 17.8. The molecule has 1 rings (SSSR count). The first-order valence-corrected chi connectivity index (χ1v) is 14.2. The number of nitrogens with one attached hydrogen (secondary N) is 1. The van der Waals surface area contributed by atoms with Crippen LogP contribution in [-0.4, -0.2) is 103 Å². The fourth-order valence-corrected chi connectivity index (χ4v) is 4.80. The molecular formula is C23H35NO12S2. The molecule has 13 nitrogen and oxygen atoms in total. The molecule has 38 heavy (non-hydrogen) atoms. The van der Waals surface area contributed by atoms with Gasteiger partial charge in [-0.3, -0.25) is 24.0 Å². The van der Waals surface area contributed by atoms with Gasteiger partial charge in [0, 0.05) is 46.8 Å². The zero-order valence-corrected chi connectivity index (χ0v) is 24.1. The monoisotopic (exact) mass is 581 g/mol. The molecule has 1 heterocycles. The van der Waals surface area contributed by atoms with Crippen molar-refractivity contribution in [1.29, 1.82) is 0 Å². The Hall–Kier alpha value is -2.52. The van der Waals surface area contributed by atoms with Gasteiger partial charge >= 0.3 is 29.8 Å². The second-order valence-electron chi connectivity index (χ2n) is 8.27. The third-order valence-corrected chi connectivity index (χ3v) is 6.82. The second kappa shape index (κ2) is 15.8. The maximum atomic E-state index is 13.3. The van der Waals surface area contributed by atoms with Crippen molar-refractivity contribution < 1.29 is 57.2 Å². The smallest absolute Gasteiger partial charge is 0.349 e. The Balaban J connectivity index is 3.71. The molecule has 15 heteroatoms. The summed E-state index contributed by atoms with van der Waals surface area (Å²) in [6.07, 6.45) is -2.33. The highest BCUT2D eigenvalue weighted by Gasteiger charge is 2.58. The van der Waals surface area contributed by atoms with E-state index in [1.807, 2.05) is 6.26 Å². The maximum Gasteiger partial charge on any atom is 0.349 e. The predicted molar refractivity (Wildman–Crippen MR) is 136 cm³/mol. The first-order valence-electron chi connectivity index (χ1n) is 11.6. The summed E-state index contributed by atoms with van der Waals surface area (Å²) in [6, 6.07) is -1.17. The Bertz CT molecular complexity index is 884. The Kier molecular flexibility index (Phi) is 13.9. The summed E-state index contributed by atoms with van der Waals surface area (Å²) < 4.78 is 32.9. The van der Waals surface area contributed by atoms with Crippen molar-refractivity contribution in [3.63, 3.8) is 0 Å². The van der Waals surface area contributed by atoms with Crippen LogP contribution < -0.4 is 5.32 Å². The van der Waals surface area contributed by atoms with E-state index in [-0.39, 0.29) is 13.0 Å². The van der Waals surface area contributed by atoms with Crippen molar-refractivity contribution in [1.82, 2.24) is 5.32 Å². The molecule has 1 fully saturated rings. The van der Waals surface area contributed by atoms with Gasteiger partial charge < -0.3 is 33.7 Å². The van der Waals surface area contributed by atoms with Gasteiger partial charge in [0.2, 0.25) is 10.8 Å². The molecule has 0 aromatic heterocycles. The van der Waals surface area contributed by atoms with Crippen LogP contribution in [0, 0.1) is 0 Å². The highest BCUT2D eigenvalue weighted by molar-refractivity contribution is 8.00. The summed E-state index contributed by atoms with van der Waals surface area (Å²) in [5.41, 5.74) is 0. The normalized spacial score (nSPS) is 24.2. The van der Waals surface area contributed by atoms with Crippen molar-refractivity contribution in [2.75, 3.05) is 31.5 Å². The van der Waals surface area contributed by atoms with Crippen LogP contribution in [0.2, 0.25) is 0 Å². The molecule has 216 valence electrons. The molecule has 0 aromatic rings. The molecule has 1 amide bonds. The molecule has 0 bridgehead atoms. The van der Waals surface area contributed by atoms with Gasteiger partial charge in [-0.25, -0.2) is 4.79 Å². The minimum atomic E-state index is -1.77. The van der Waals surface area contributed by atoms with E-state index >= 15 is 0 Å². The summed E-state index contributed by atoms with van der Waals surface area (Å²) in [5, 5.41) is 2.62. The van der Waals surface area contributed by atoms with Gasteiger partial charge in [0.25, 0.3) is 0 Å². The summed E-state index contributed by atoms with van der Waals surface area (Å²) >= 11 is 2.41. The van der Waals surface area contributed by atoms with Crippen LogP contribution in [0.5, 0.6) is 0 Å². The molecule has 1 saturated heterocycles. The van der Waals surface area contributed by atoms with Crippen molar-refractivity contribution in [3.8, 4) is 0 Å². The minimum absolute atomic E-state index is 0.0690. The number of hydrogen-bond donors (Lipinski definition) is 1. The maximum absolute atomic E-state index is 13.3. The molecule has 0 unspecified atom stereocenters. The topological polar surface area (TPSA) is 170 Å². The summed E-state index contributed by atoms with van der Waals surface area (Å²) in [5.74, 6) is -3.87. The van der Waals surface area contributed by atoms with Crippen LogP contribution in [0.25, 0.3) is 0 Å². The zero-order chi connectivity index (χ0) is 29.0. The number of thioether (sulfide) groups is 2. The zero-order valence-electron chi connectivity index (χ0n) is 22.4. The number of carbonyl (C=O) groups excluding carboxylic acids is 6. The number of rotatable bonds is 13. The van der Waals surface area contributed by atoms with E-state index in [9.17, 15) is 28.8 Å². The van der Waals surface area contributed by atoms with Crippen LogP contribution in [0.1, 0.15) is 41.0 Å². The number of esters is 5. The third-order valence-electron chi connectivity index (χ3n) is 5.16. The van der Waals surface area contributed by atoms with E-state index in [0.29, 0.717) is 5.75 Å². The lowest BCUT2D eigenvalue weighted by Crippen LogP contribution is -2.68. The second-order valence-corrected chi connectivity index (χ2v) is 10.3. The van der Waals surface area contributed by atoms with Gasteiger partial charge in [-0.15, -0.1) is 11.8 Å². The molecule has 0 aliphatic carbocycles. The van der Waals surface area contributed by atoms with Crippen LogP contribution in [0.15, 0.2) is 0 Å². The van der Waals surface area contributed by atoms with Gasteiger partial charge in [0.1, 0.15) is 25.4 Å². The van der Waals surface area contributed by atoms with E-state index in [2.05, 4.69) is 5.32 Å². The number of ether oxygens (including phenoxy) is 6. The Morgan fingerprint density at radius 3 is 2.03 bits per heavy atom. The lowest BCUT2D eigenvalue weighted by atomic mass is 9.89. The average molecular weight is 582 g/mol. The Labute approximate surface area is 229 Å². The van der Waals surface area contributed by atoms with E-state index in [4.69, 9.17) is 28.4 Å². The molecule has 1 aliphatic rings. The Morgan fingerprint density at radius 2 is 1.55 bits per heavy atom. The SMILES string of the molecule is CSCCOC(=O)[C@@]1(SC)C[C@H](OC(C)=O)[C@@H](NC(C)=O)[C@H]([C@H](OC(C)=O)[C@@H](COC(C)=O)OC(C)=O)O1. The molecule has 0 spiro atoms. The first kappa shape index (κ1) is 33.5. The molecule has 0 aromatic carbocycles. The lowest BCUT2D eigenvalue weighted by molar-refractivity contribution is -0.224. The van der Waals surface area contributed by atoms with Crippen LogP contribution in [0.4, 0.5) is 0 Å². The van der Waals surface area contributed by atoms with E-state index in [1.165, 1.54) is 18.7 Å². The fourth-order valence-electron chi connectivity index (χ4n) is 3.78. The molecule has 1 N–H and O–H groups in total. The lowest BCUT2D eigenvalue weighted by Gasteiger charge is -2.48. The van der Waals surface area contributed by atoms with E-state index in [1.54, 1.807) is 6.26 Å². The number of hydrogen-bond acceptors (Lipinski definition) is 14. The number of amides is 1.